The highest BCUT2D eigenvalue weighted by atomic mass is 16.5. The molecular formula is C22H36O3. The van der Waals surface area contributed by atoms with Crippen molar-refractivity contribution in [3.05, 3.63) is 35.4 Å². The topological polar surface area (TPSA) is 49.7 Å². The van der Waals surface area contributed by atoms with Crippen molar-refractivity contribution in [2.45, 2.75) is 77.7 Å². The van der Waals surface area contributed by atoms with Crippen LogP contribution in [0.2, 0.25) is 0 Å². The molecule has 3 heteroatoms. The lowest BCUT2D eigenvalue weighted by Crippen LogP contribution is -2.01. The average Bonchev–Trinajstić information content (AvgIpc) is 2.64. The molecule has 0 spiro atoms. The van der Waals surface area contributed by atoms with Gasteiger partial charge in [-0.1, -0.05) is 82.9 Å². The molecule has 0 fully saturated rings. The molecule has 0 aromatic heterocycles. The Hall–Kier alpha value is -1.32. The number of hydrogen-bond acceptors (Lipinski definition) is 3. The van der Waals surface area contributed by atoms with Crippen LogP contribution in [-0.4, -0.2) is 23.4 Å². The third kappa shape index (κ3) is 10.3. The van der Waals surface area contributed by atoms with E-state index in [0.29, 0.717) is 6.61 Å². The van der Waals surface area contributed by atoms with Crippen molar-refractivity contribution < 1.29 is 14.9 Å². The van der Waals surface area contributed by atoms with E-state index in [2.05, 4.69) is 6.92 Å². The van der Waals surface area contributed by atoms with Gasteiger partial charge in [-0.15, -0.1) is 0 Å². The van der Waals surface area contributed by atoms with Crippen molar-refractivity contribution in [1.82, 2.24) is 0 Å². The predicted octanol–water partition coefficient (Wildman–Crippen LogP) is 5.48. The number of ether oxygens (including phenoxy) is 1. The molecule has 0 bridgehead atoms. The van der Waals surface area contributed by atoms with Crippen LogP contribution in [0, 0.1) is 0 Å². The molecule has 0 saturated carbocycles. The average molecular weight is 349 g/mol. The summed E-state index contributed by atoms with van der Waals surface area (Å²) in [5.74, 6) is 0.763. The van der Waals surface area contributed by atoms with Gasteiger partial charge in [0.05, 0.1) is 19.8 Å². The van der Waals surface area contributed by atoms with E-state index in [0.717, 1.165) is 23.3 Å². The van der Waals surface area contributed by atoms with Crippen LogP contribution in [0.4, 0.5) is 0 Å². The smallest absolute Gasteiger partial charge is 0.124 e. The summed E-state index contributed by atoms with van der Waals surface area (Å²) in [6, 6.07) is 5.75. The Morgan fingerprint density at radius 3 is 2.12 bits per heavy atom. The van der Waals surface area contributed by atoms with Gasteiger partial charge in [0, 0.05) is 5.56 Å². The van der Waals surface area contributed by atoms with Crippen molar-refractivity contribution in [3.8, 4) is 5.75 Å². The fourth-order valence-electron chi connectivity index (χ4n) is 2.93. The fourth-order valence-corrected chi connectivity index (χ4v) is 2.93. The first-order chi connectivity index (χ1) is 12.3. The molecule has 0 saturated heterocycles. The Morgan fingerprint density at radius 2 is 1.52 bits per heavy atom. The zero-order valence-corrected chi connectivity index (χ0v) is 15.9. The van der Waals surface area contributed by atoms with Crippen molar-refractivity contribution in [1.29, 1.82) is 0 Å². The molecule has 0 radical (unpaired) electrons. The van der Waals surface area contributed by atoms with Gasteiger partial charge >= 0.3 is 0 Å². The Bertz CT molecular complexity index is 468. The highest BCUT2D eigenvalue weighted by Crippen LogP contribution is 2.21. The van der Waals surface area contributed by atoms with E-state index >= 15 is 0 Å². The molecule has 25 heavy (non-hydrogen) atoms. The first kappa shape index (κ1) is 21.7. The van der Waals surface area contributed by atoms with Crippen LogP contribution >= 0.6 is 0 Å². The van der Waals surface area contributed by atoms with Gasteiger partial charge in [-0.05, 0) is 24.1 Å². The molecule has 1 rings (SSSR count). The van der Waals surface area contributed by atoms with Crippen molar-refractivity contribution in [2.75, 3.05) is 13.2 Å². The number of hydrogen-bond donors (Lipinski definition) is 2. The van der Waals surface area contributed by atoms with Crippen LogP contribution in [0.1, 0.15) is 82.3 Å². The van der Waals surface area contributed by atoms with Crippen molar-refractivity contribution >= 4 is 6.08 Å². The van der Waals surface area contributed by atoms with Gasteiger partial charge in [0.1, 0.15) is 5.75 Å². The lowest BCUT2D eigenvalue weighted by Gasteiger charge is -2.11. The van der Waals surface area contributed by atoms with E-state index < -0.39 is 0 Å². The molecule has 1 aromatic carbocycles. The number of benzene rings is 1. The Labute approximate surface area is 153 Å². The zero-order chi connectivity index (χ0) is 18.2. The zero-order valence-electron chi connectivity index (χ0n) is 15.9. The van der Waals surface area contributed by atoms with E-state index in [1.165, 1.54) is 57.8 Å². The Morgan fingerprint density at radius 1 is 0.880 bits per heavy atom. The Kier molecular flexibility index (Phi) is 13.0. The molecule has 0 unspecified atom stereocenters. The molecule has 0 heterocycles. The van der Waals surface area contributed by atoms with Crippen LogP contribution in [0.5, 0.6) is 5.75 Å². The quantitative estimate of drug-likeness (QED) is 0.412. The maximum absolute atomic E-state index is 9.49. The maximum atomic E-state index is 9.49. The largest absolute Gasteiger partial charge is 0.493 e. The van der Waals surface area contributed by atoms with Gasteiger partial charge in [0.2, 0.25) is 0 Å². The van der Waals surface area contributed by atoms with Crippen LogP contribution in [0.15, 0.2) is 24.3 Å². The lowest BCUT2D eigenvalue weighted by atomic mass is 10.1. The molecule has 0 aliphatic rings. The van der Waals surface area contributed by atoms with Crippen LogP contribution in [0.25, 0.3) is 6.08 Å². The molecule has 0 aliphatic carbocycles. The van der Waals surface area contributed by atoms with Crippen molar-refractivity contribution in [3.63, 3.8) is 0 Å². The van der Waals surface area contributed by atoms with E-state index in [-0.39, 0.29) is 13.2 Å². The summed E-state index contributed by atoms with van der Waals surface area (Å²) < 4.78 is 5.83. The monoisotopic (exact) mass is 348 g/mol. The van der Waals surface area contributed by atoms with Crippen LogP contribution < -0.4 is 4.74 Å². The highest BCUT2D eigenvalue weighted by Gasteiger charge is 2.03. The molecular weight excluding hydrogens is 312 g/mol. The Balaban J connectivity index is 2.14. The van der Waals surface area contributed by atoms with Gasteiger partial charge in [0.15, 0.2) is 0 Å². The third-order valence-corrected chi connectivity index (χ3v) is 4.43. The van der Waals surface area contributed by atoms with Gasteiger partial charge in [-0.25, -0.2) is 0 Å². The molecule has 3 nitrogen and oxygen atoms in total. The first-order valence-electron chi connectivity index (χ1n) is 9.95. The van der Waals surface area contributed by atoms with E-state index in [4.69, 9.17) is 9.84 Å². The molecule has 0 amide bonds. The normalized spacial score (nSPS) is 11.3. The number of aliphatic hydroxyl groups is 2. The predicted molar refractivity (Wildman–Crippen MR) is 106 cm³/mol. The standard InChI is InChI=1S/C22H36O3/c1-2-3-4-5-6-7-8-9-10-11-17-25-22-15-14-20(13-12-16-23)18-21(22)19-24/h12-15,18,23-24H,2-11,16-17,19H2,1H3. The minimum Gasteiger partial charge on any atom is -0.493 e. The summed E-state index contributed by atoms with van der Waals surface area (Å²) in [6.45, 7) is 2.95. The van der Waals surface area contributed by atoms with E-state index in [1.54, 1.807) is 6.08 Å². The SMILES string of the molecule is CCCCCCCCCCCCOc1ccc(C=CCO)cc1CO. The van der Waals surface area contributed by atoms with Gasteiger partial charge in [0.25, 0.3) is 0 Å². The van der Waals surface area contributed by atoms with Gasteiger partial charge < -0.3 is 14.9 Å². The van der Waals surface area contributed by atoms with E-state index in [1.807, 2.05) is 24.3 Å². The summed E-state index contributed by atoms with van der Waals surface area (Å²) in [5.41, 5.74) is 1.76. The van der Waals surface area contributed by atoms with Gasteiger partial charge in [-0.3, -0.25) is 0 Å². The summed E-state index contributed by atoms with van der Waals surface area (Å²) in [5, 5.41) is 18.3. The second kappa shape index (κ2) is 15.0. The minimum absolute atomic E-state index is 0.0193. The summed E-state index contributed by atoms with van der Waals surface area (Å²) in [4.78, 5) is 0. The van der Waals surface area contributed by atoms with Crippen LogP contribution in [0.3, 0.4) is 0 Å². The molecule has 142 valence electrons. The van der Waals surface area contributed by atoms with Gasteiger partial charge in [-0.2, -0.15) is 0 Å². The highest BCUT2D eigenvalue weighted by molar-refractivity contribution is 5.53. The minimum atomic E-state index is -0.0336. The van der Waals surface area contributed by atoms with E-state index in [9.17, 15) is 5.11 Å². The number of unbranched alkanes of at least 4 members (excludes halogenated alkanes) is 9. The molecule has 1 aromatic rings. The number of rotatable bonds is 15. The van der Waals surface area contributed by atoms with Crippen molar-refractivity contribution in [2.24, 2.45) is 0 Å². The summed E-state index contributed by atoms with van der Waals surface area (Å²) >= 11 is 0. The third-order valence-electron chi connectivity index (χ3n) is 4.43. The second-order valence-corrected chi connectivity index (χ2v) is 6.64. The molecule has 0 aliphatic heterocycles. The molecule has 2 N–H and O–H groups in total. The summed E-state index contributed by atoms with van der Waals surface area (Å²) in [7, 11) is 0. The fraction of sp³-hybridized carbons (Fsp3) is 0.636. The first-order valence-corrected chi connectivity index (χ1v) is 9.95. The lowest BCUT2D eigenvalue weighted by molar-refractivity contribution is 0.260. The number of aliphatic hydroxyl groups excluding tert-OH is 2. The second-order valence-electron chi connectivity index (χ2n) is 6.64. The summed E-state index contributed by atoms with van der Waals surface area (Å²) in [6.07, 6.45) is 16.6. The maximum Gasteiger partial charge on any atom is 0.124 e. The molecule has 0 atom stereocenters. The van der Waals surface area contributed by atoms with Crippen LogP contribution in [-0.2, 0) is 6.61 Å².